The van der Waals surface area contributed by atoms with Gasteiger partial charge in [-0.25, -0.2) is 4.98 Å². The first-order valence-electron chi connectivity index (χ1n) is 7.28. The van der Waals surface area contributed by atoms with Crippen molar-refractivity contribution < 1.29 is 9.53 Å². The first-order valence-corrected chi connectivity index (χ1v) is 7.28. The maximum Gasteiger partial charge on any atom is 0.259 e. The number of para-hydroxylation sites is 1. The van der Waals surface area contributed by atoms with Gasteiger partial charge in [-0.3, -0.25) is 4.79 Å². The predicted octanol–water partition coefficient (Wildman–Crippen LogP) is 2.72. The Morgan fingerprint density at radius 2 is 2.18 bits per heavy atom. The number of fused-ring (bicyclic) bond motifs is 1. The Labute approximate surface area is 129 Å². The van der Waals surface area contributed by atoms with Crippen molar-refractivity contribution in [3.05, 3.63) is 47.7 Å². The quantitative estimate of drug-likeness (QED) is 0.946. The zero-order valence-corrected chi connectivity index (χ0v) is 13.0. The third-order valence-electron chi connectivity index (χ3n) is 3.63. The highest BCUT2D eigenvalue weighted by Crippen LogP contribution is 2.32. The first-order chi connectivity index (χ1) is 10.5. The number of anilines is 2. The molecule has 114 valence electrons. The smallest absolute Gasteiger partial charge is 0.259 e. The van der Waals surface area contributed by atoms with Crippen molar-refractivity contribution in [2.75, 3.05) is 24.3 Å². The molecular weight excluding hydrogens is 278 g/mol. The number of hydrogen-bond acceptors (Lipinski definition) is 4. The topological polar surface area (TPSA) is 54.5 Å². The lowest BCUT2D eigenvalue weighted by molar-refractivity contribution is 0.102. The summed E-state index contributed by atoms with van der Waals surface area (Å²) in [6.45, 7) is 2.01. The number of carbonyl (C=O) groups is 1. The standard InChI is InChI=1S/C17H19N3O2/c1-11-9-12-5-4-6-14(16(12)22-11)17(21)19-13-7-8-18-15(10-13)20(2)3/h4-8,10-11H,9H2,1-3H3,(H,18,19,21). The molecular formula is C17H19N3O2. The molecule has 1 aromatic heterocycles. The van der Waals surface area contributed by atoms with E-state index in [9.17, 15) is 4.79 Å². The van der Waals surface area contributed by atoms with E-state index in [1.54, 1.807) is 18.3 Å². The second kappa shape index (κ2) is 5.67. The number of nitrogens with one attached hydrogen (secondary N) is 1. The molecule has 0 radical (unpaired) electrons. The van der Waals surface area contributed by atoms with Crippen LogP contribution in [0, 0.1) is 0 Å². The fraction of sp³-hybridized carbons (Fsp3) is 0.294. The Hall–Kier alpha value is -2.56. The van der Waals surface area contributed by atoms with Crippen LogP contribution in [0.3, 0.4) is 0 Å². The number of ether oxygens (including phenoxy) is 1. The fourth-order valence-corrected chi connectivity index (χ4v) is 2.56. The maximum atomic E-state index is 12.5. The minimum atomic E-state index is -0.165. The molecule has 1 aliphatic rings. The van der Waals surface area contributed by atoms with Crippen LogP contribution in [-0.4, -0.2) is 31.1 Å². The number of rotatable bonds is 3. The number of nitrogens with zero attached hydrogens (tertiary/aromatic N) is 2. The highest BCUT2D eigenvalue weighted by atomic mass is 16.5. The summed E-state index contributed by atoms with van der Waals surface area (Å²) < 4.78 is 5.78. The molecule has 5 nitrogen and oxygen atoms in total. The van der Waals surface area contributed by atoms with E-state index in [4.69, 9.17) is 4.74 Å². The lowest BCUT2D eigenvalue weighted by atomic mass is 10.1. The van der Waals surface area contributed by atoms with Gasteiger partial charge in [-0.1, -0.05) is 12.1 Å². The molecule has 22 heavy (non-hydrogen) atoms. The molecule has 3 rings (SSSR count). The van der Waals surface area contributed by atoms with Crippen LogP contribution in [0.5, 0.6) is 5.75 Å². The van der Waals surface area contributed by atoms with Crippen molar-refractivity contribution in [3.8, 4) is 5.75 Å². The molecule has 2 aromatic rings. The summed E-state index contributed by atoms with van der Waals surface area (Å²) in [6, 6.07) is 9.31. The summed E-state index contributed by atoms with van der Waals surface area (Å²) in [7, 11) is 3.82. The summed E-state index contributed by atoms with van der Waals surface area (Å²) in [4.78, 5) is 18.7. The van der Waals surface area contributed by atoms with Crippen LogP contribution in [0.4, 0.5) is 11.5 Å². The number of pyridine rings is 1. The molecule has 1 atom stereocenters. The van der Waals surface area contributed by atoms with Crippen molar-refractivity contribution in [2.45, 2.75) is 19.4 Å². The molecule has 1 unspecified atom stereocenters. The third kappa shape index (κ3) is 2.74. The number of hydrogen-bond donors (Lipinski definition) is 1. The van der Waals surface area contributed by atoms with Crippen LogP contribution in [0.25, 0.3) is 0 Å². The summed E-state index contributed by atoms with van der Waals surface area (Å²) in [5, 5.41) is 2.91. The Balaban J connectivity index is 1.84. The molecule has 0 bridgehead atoms. The van der Waals surface area contributed by atoms with Gasteiger partial charge in [0.1, 0.15) is 17.7 Å². The molecule has 1 N–H and O–H groups in total. The molecule has 1 aromatic carbocycles. The summed E-state index contributed by atoms with van der Waals surface area (Å²) in [5.74, 6) is 1.33. The zero-order valence-electron chi connectivity index (χ0n) is 13.0. The molecule has 0 spiro atoms. The van der Waals surface area contributed by atoms with Gasteiger partial charge >= 0.3 is 0 Å². The van der Waals surface area contributed by atoms with Crippen molar-refractivity contribution in [1.82, 2.24) is 4.98 Å². The normalized spacial score (nSPS) is 15.9. The Morgan fingerprint density at radius 1 is 1.36 bits per heavy atom. The van der Waals surface area contributed by atoms with Crippen molar-refractivity contribution in [2.24, 2.45) is 0 Å². The number of amides is 1. The second-order valence-corrected chi connectivity index (χ2v) is 5.68. The average molecular weight is 297 g/mol. The van der Waals surface area contributed by atoms with Crippen molar-refractivity contribution in [1.29, 1.82) is 0 Å². The van der Waals surface area contributed by atoms with Gasteiger partial charge in [0.15, 0.2) is 0 Å². The van der Waals surface area contributed by atoms with Gasteiger partial charge in [0.2, 0.25) is 0 Å². The Morgan fingerprint density at radius 3 is 2.95 bits per heavy atom. The molecule has 0 aliphatic carbocycles. The number of aromatic nitrogens is 1. The molecule has 1 amide bonds. The van der Waals surface area contributed by atoms with Gasteiger partial charge in [0, 0.05) is 38.5 Å². The van der Waals surface area contributed by atoms with E-state index in [0.29, 0.717) is 17.0 Å². The van der Waals surface area contributed by atoms with E-state index in [0.717, 1.165) is 17.8 Å². The SMILES string of the molecule is CC1Cc2cccc(C(=O)Nc3ccnc(N(C)C)c3)c2O1. The summed E-state index contributed by atoms with van der Waals surface area (Å²) in [5.41, 5.74) is 2.38. The molecule has 0 fully saturated rings. The predicted molar refractivity (Wildman–Crippen MR) is 86.8 cm³/mol. The van der Waals surface area contributed by atoms with Crippen molar-refractivity contribution >= 4 is 17.4 Å². The highest BCUT2D eigenvalue weighted by molar-refractivity contribution is 6.06. The lowest BCUT2D eigenvalue weighted by Gasteiger charge is -2.13. The molecule has 1 aliphatic heterocycles. The summed E-state index contributed by atoms with van der Waals surface area (Å²) in [6.07, 6.45) is 2.64. The maximum absolute atomic E-state index is 12.5. The zero-order chi connectivity index (χ0) is 15.7. The Kier molecular flexibility index (Phi) is 3.71. The van der Waals surface area contributed by atoms with Crippen LogP contribution >= 0.6 is 0 Å². The first kappa shape index (κ1) is 14.4. The van der Waals surface area contributed by atoms with Gasteiger partial charge in [0.05, 0.1) is 5.56 Å². The van der Waals surface area contributed by atoms with E-state index in [1.165, 1.54) is 0 Å². The fourth-order valence-electron chi connectivity index (χ4n) is 2.56. The van der Waals surface area contributed by atoms with Crippen LogP contribution in [0.2, 0.25) is 0 Å². The van der Waals surface area contributed by atoms with E-state index in [-0.39, 0.29) is 12.0 Å². The van der Waals surface area contributed by atoms with Crippen LogP contribution in [0.1, 0.15) is 22.8 Å². The van der Waals surface area contributed by atoms with Gasteiger partial charge < -0.3 is 15.0 Å². The largest absolute Gasteiger partial charge is 0.489 e. The van der Waals surface area contributed by atoms with E-state index >= 15 is 0 Å². The van der Waals surface area contributed by atoms with Gasteiger partial charge in [-0.05, 0) is 24.6 Å². The van der Waals surface area contributed by atoms with Crippen LogP contribution in [0.15, 0.2) is 36.5 Å². The van der Waals surface area contributed by atoms with E-state index in [1.807, 2.05) is 44.1 Å². The molecule has 0 saturated heterocycles. The molecule has 0 saturated carbocycles. The minimum absolute atomic E-state index is 0.116. The number of carbonyl (C=O) groups excluding carboxylic acids is 1. The molecule has 5 heteroatoms. The van der Waals surface area contributed by atoms with Crippen LogP contribution < -0.4 is 15.0 Å². The van der Waals surface area contributed by atoms with E-state index in [2.05, 4.69) is 10.3 Å². The Bertz CT molecular complexity index is 713. The molecule has 2 heterocycles. The van der Waals surface area contributed by atoms with Gasteiger partial charge in [-0.2, -0.15) is 0 Å². The average Bonchev–Trinajstić information content (AvgIpc) is 2.87. The number of benzene rings is 1. The minimum Gasteiger partial charge on any atom is -0.489 e. The third-order valence-corrected chi connectivity index (χ3v) is 3.63. The lowest BCUT2D eigenvalue weighted by Crippen LogP contribution is -2.15. The highest BCUT2D eigenvalue weighted by Gasteiger charge is 2.24. The monoisotopic (exact) mass is 297 g/mol. The van der Waals surface area contributed by atoms with Gasteiger partial charge in [-0.15, -0.1) is 0 Å². The van der Waals surface area contributed by atoms with Crippen LogP contribution in [-0.2, 0) is 6.42 Å². The van der Waals surface area contributed by atoms with Crippen molar-refractivity contribution in [3.63, 3.8) is 0 Å². The van der Waals surface area contributed by atoms with Gasteiger partial charge in [0.25, 0.3) is 5.91 Å². The van der Waals surface area contributed by atoms with E-state index < -0.39 is 0 Å². The second-order valence-electron chi connectivity index (χ2n) is 5.68. The summed E-state index contributed by atoms with van der Waals surface area (Å²) >= 11 is 0.